The molecule has 1 aliphatic rings. The van der Waals surface area contributed by atoms with Crippen molar-refractivity contribution < 1.29 is 19.1 Å². The minimum Gasteiger partial charge on any atom is -0.442 e. The second-order valence-corrected chi connectivity index (χ2v) is 7.67. The summed E-state index contributed by atoms with van der Waals surface area (Å²) in [5.74, 6) is -0.338. The second kappa shape index (κ2) is 7.81. The Morgan fingerprint density at radius 3 is 2.69 bits per heavy atom. The number of pyridine rings is 1. The Bertz CT molecular complexity index is 1360. The number of cyclic esters (lactones) is 1. The zero-order valence-electron chi connectivity index (χ0n) is 17.3. The Hall–Kier alpha value is -4.20. The maximum Gasteiger partial charge on any atom is 0.414 e. The highest BCUT2D eigenvalue weighted by atomic mass is 16.6. The molecule has 0 saturated carbocycles. The molecule has 1 N–H and O–H groups in total. The van der Waals surface area contributed by atoms with Gasteiger partial charge in [0.1, 0.15) is 17.4 Å². The lowest BCUT2D eigenvalue weighted by atomic mass is 10.1. The van der Waals surface area contributed by atoms with E-state index in [9.17, 15) is 14.4 Å². The summed E-state index contributed by atoms with van der Waals surface area (Å²) in [6.07, 6.45) is 2.54. The average Bonchev–Trinajstić information content (AvgIpc) is 3.41. The van der Waals surface area contributed by atoms with E-state index in [0.29, 0.717) is 23.5 Å². The number of ketones is 1. The van der Waals surface area contributed by atoms with E-state index in [1.807, 2.05) is 36.5 Å². The van der Waals surface area contributed by atoms with Crippen LogP contribution in [-0.4, -0.2) is 46.4 Å². The molecule has 0 spiro atoms. The van der Waals surface area contributed by atoms with Crippen LogP contribution in [0.2, 0.25) is 0 Å². The number of imidazole rings is 1. The first-order chi connectivity index (χ1) is 15.5. The summed E-state index contributed by atoms with van der Waals surface area (Å²) in [7, 11) is 0. The molecule has 4 aromatic rings. The normalized spacial score (nSPS) is 15.8. The molecule has 1 atom stereocenters. The topological polar surface area (TPSA) is 93.0 Å². The quantitative estimate of drug-likeness (QED) is 0.493. The fourth-order valence-electron chi connectivity index (χ4n) is 3.92. The largest absolute Gasteiger partial charge is 0.442 e. The van der Waals surface area contributed by atoms with Crippen molar-refractivity contribution in [2.24, 2.45) is 0 Å². The molecule has 0 unspecified atom stereocenters. The first-order valence-corrected chi connectivity index (χ1v) is 10.2. The van der Waals surface area contributed by atoms with Crippen molar-refractivity contribution in [2.75, 3.05) is 18.0 Å². The van der Waals surface area contributed by atoms with Gasteiger partial charge >= 0.3 is 6.09 Å². The number of hydrogen-bond donors (Lipinski definition) is 1. The number of anilines is 1. The first kappa shape index (κ1) is 19.7. The zero-order chi connectivity index (χ0) is 22.2. The van der Waals surface area contributed by atoms with Crippen molar-refractivity contribution in [1.82, 2.24) is 14.7 Å². The van der Waals surface area contributed by atoms with Crippen molar-refractivity contribution in [3.05, 3.63) is 78.2 Å². The van der Waals surface area contributed by atoms with E-state index in [1.165, 1.54) is 11.8 Å². The third-order valence-electron chi connectivity index (χ3n) is 5.53. The van der Waals surface area contributed by atoms with Crippen LogP contribution < -0.4 is 10.2 Å². The lowest BCUT2D eigenvalue weighted by Gasteiger charge is -2.13. The highest BCUT2D eigenvalue weighted by Crippen LogP contribution is 2.24. The number of carbonyl (C=O) groups is 3. The smallest absolute Gasteiger partial charge is 0.414 e. The van der Waals surface area contributed by atoms with Crippen LogP contribution in [0.25, 0.3) is 16.4 Å². The standard InChI is InChI=1S/C24H20N4O4/c1-15(29)25-12-19-14-28(24(31)32-19)18-8-6-17(7-9-18)22(30)21-13-26-23-20-5-3-2-4-16(20)10-11-27(21)23/h2-11,13,19H,12,14H2,1H3,(H,25,29)/t19-/m0/s1. The third-order valence-corrected chi connectivity index (χ3v) is 5.53. The number of fused-ring (bicyclic) bond motifs is 3. The molecule has 8 heteroatoms. The number of nitrogens with zero attached hydrogens (tertiary/aromatic N) is 3. The lowest BCUT2D eigenvalue weighted by Crippen LogP contribution is -2.33. The Morgan fingerprint density at radius 1 is 1.12 bits per heavy atom. The molecule has 1 saturated heterocycles. The van der Waals surface area contributed by atoms with Gasteiger partial charge < -0.3 is 10.1 Å². The Morgan fingerprint density at radius 2 is 1.91 bits per heavy atom. The number of hydrogen-bond acceptors (Lipinski definition) is 5. The van der Waals surface area contributed by atoms with Crippen molar-refractivity contribution in [3.63, 3.8) is 0 Å². The highest BCUT2D eigenvalue weighted by Gasteiger charge is 2.32. The van der Waals surface area contributed by atoms with E-state index in [0.717, 1.165) is 16.4 Å². The van der Waals surface area contributed by atoms with Gasteiger partial charge in [0, 0.05) is 29.8 Å². The van der Waals surface area contributed by atoms with Gasteiger partial charge in [-0.1, -0.05) is 24.3 Å². The van der Waals surface area contributed by atoms with Crippen LogP contribution in [0.1, 0.15) is 23.0 Å². The van der Waals surface area contributed by atoms with Crippen molar-refractivity contribution in [2.45, 2.75) is 13.0 Å². The van der Waals surface area contributed by atoms with Gasteiger partial charge in [-0.25, -0.2) is 9.78 Å². The molecule has 8 nitrogen and oxygen atoms in total. The number of amides is 2. The summed E-state index contributed by atoms with van der Waals surface area (Å²) in [5.41, 5.74) is 2.31. The summed E-state index contributed by atoms with van der Waals surface area (Å²) in [6, 6.07) is 16.7. The van der Waals surface area contributed by atoms with Crippen LogP contribution in [0.15, 0.2) is 67.0 Å². The number of rotatable bonds is 5. The molecule has 0 aliphatic carbocycles. The molecule has 32 heavy (non-hydrogen) atoms. The fraction of sp³-hybridized carbons (Fsp3) is 0.167. The average molecular weight is 428 g/mol. The molecule has 2 amide bonds. The number of carbonyl (C=O) groups excluding carboxylic acids is 3. The first-order valence-electron chi connectivity index (χ1n) is 10.2. The summed E-state index contributed by atoms with van der Waals surface area (Å²) in [4.78, 5) is 42.4. The molecule has 160 valence electrons. The number of nitrogens with one attached hydrogen (secondary N) is 1. The van der Waals surface area contributed by atoms with Crippen LogP contribution in [-0.2, 0) is 9.53 Å². The maximum absolute atomic E-state index is 13.1. The second-order valence-electron chi connectivity index (χ2n) is 7.67. The molecule has 1 fully saturated rings. The molecule has 2 aromatic carbocycles. The molecule has 3 heterocycles. The van der Waals surface area contributed by atoms with Gasteiger partial charge in [0.2, 0.25) is 11.7 Å². The number of benzene rings is 2. The summed E-state index contributed by atoms with van der Waals surface area (Å²) in [6.45, 7) is 2.00. The number of ether oxygens (including phenoxy) is 1. The number of aromatic nitrogens is 2. The van der Waals surface area contributed by atoms with Gasteiger partial charge in [-0.05, 0) is 35.7 Å². The molecule has 0 radical (unpaired) electrons. The highest BCUT2D eigenvalue weighted by molar-refractivity contribution is 6.09. The fourth-order valence-corrected chi connectivity index (χ4v) is 3.92. The Kier molecular flexibility index (Phi) is 4.82. The van der Waals surface area contributed by atoms with Crippen LogP contribution in [0.3, 0.4) is 0 Å². The predicted octanol–water partition coefficient (Wildman–Crippen LogP) is 3.18. The molecular weight excluding hydrogens is 408 g/mol. The van der Waals surface area contributed by atoms with E-state index in [-0.39, 0.29) is 18.2 Å². The Balaban J connectivity index is 1.38. The SMILES string of the molecule is CC(=O)NC[C@H]1CN(c2ccc(C(=O)c3cnc4c5ccccc5ccn34)cc2)C(=O)O1. The van der Waals surface area contributed by atoms with Crippen LogP contribution in [0, 0.1) is 0 Å². The van der Waals surface area contributed by atoms with Crippen LogP contribution in [0.5, 0.6) is 0 Å². The zero-order valence-corrected chi connectivity index (χ0v) is 17.3. The van der Waals surface area contributed by atoms with Gasteiger partial charge in [0.05, 0.1) is 19.3 Å². The van der Waals surface area contributed by atoms with Crippen molar-refractivity contribution in [1.29, 1.82) is 0 Å². The monoisotopic (exact) mass is 428 g/mol. The van der Waals surface area contributed by atoms with Crippen LogP contribution in [0.4, 0.5) is 10.5 Å². The predicted molar refractivity (Wildman–Crippen MR) is 119 cm³/mol. The van der Waals surface area contributed by atoms with E-state index in [1.54, 1.807) is 34.9 Å². The molecular formula is C24H20N4O4. The van der Waals surface area contributed by atoms with Gasteiger partial charge in [0.15, 0.2) is 0 Å². The lowest BCUT2D eigenvalue weighted by molar-refractivity contribution is -0.119. The maximum atomic E-state index is 13.1. The van der Waals surface area contributed by atoms with E-state index in [4.69, 9.17) is 4.74 Å². The molecule has 1 aliphatic heterocycles. The molecule has 5 rings (SSSR count). The van der Waals surface area contributed by atoms with Gasteiger partial charge in [-0.15, -0.1) is 0 Å². The van der Waals surface area contributed by atoms with Gasteiger partial charge in [-0.3, -0.25) is 18.9 Å². The van der Waals surface area contributed by atoms with E-state index < -0.39 is 12.2 Å². The summed E-state index contributed by atoms with van der Waals surface area (Å²) >= 11 is 0. The van der Waals surface area contributed by atoms with Crippen molar-refractivity contribution >= 4 is 39.9 Å². The minimum absolute atomic E-state index is 0.160. The summed E-state index contributed by atoms with van der Waals surface area (Å²) in [5, 5.41) is 4.69. The van der Waals surface area contributed by atoms with E-state index in [2.05, 4.69) is 10.3 Å². The molecule has 0 bridgehead atoms. The Labute approximate surface area is 183 Å². The summed E-state index contributed by atoms with van der Waals surface area (Å²) < 4.78 is 7.09. The van der Waals surface area contributed by atoms with Crippen LogP contribution >= 0.6 is 0 Å². The van der Waals surface area contributed by atoms with Gasteiger partial charge in [0.25, 0.3) is 0 Å². The van der Waals surface area contributed by atoms with Crippen molar-refractivity contribution in [3.8, 4) is 0 Å². The minimum atomic E-state index is -0.479. The van der Waals surface area contributed by atoms with E-state index >= 15 is 0 Å². The van der Waals surface area contributed by atoms with Gasteiger partial charge in [-0.2, -0.15) is 0 Å². The molecule has 2 aromatic heterocycles. The third kappa shape index (κ3) is 3.45.